The van der Waals surface area contributed by atoms with Crippen molar-refractivity contribution in [3.63, 3.8) is 0 Å². The lowest BCUT2D eigenvalue weighted by Gasteiger charge is -2.32. The van der Waals surface area contributed by atoms with E-state index < -0.39 is 6.10 Å². The first-order chi connectivity index (χ1) is 13.2. The highest BCUT2D eigenvalue weighted by molar-refractivity contribution is 6.30. The van der Waals surface area contributed by atoms with Gasteiger partial charge in [-0.25, -0.2) is 0 Å². The Hall–Kier alpha value is -2.24. The molecule has 6 heteroatoms. The van der Waals surface area contributed by atoms with Crippen molar-refractivity contribution in [3.8, 4) is 11.5 Å². The SMILES string of the molecule is O=C([C@@H]1COc2ccccc2O1)N(Cc1ccc(Cl)cc1)C[C@@H]1CCCO1. The molecule has 0 aromatic heterocycles. The van der Waals surface area contributed by atoms with Crippen molar-refractivity contribution >= 4 is 17.5 Å². The van der Waals surface area contributed by atoms with Crippen LogP contribution in [-0.2, 0) is 16.1 Å². The molecular formula is C21H22ClNO4. The van der Waals surface area contributed by atoms with Gasteiger partial charge in [-0.05, 0) is 42.7 Å². The predicted octanol–water partition coefficient (Wildman–Crippen LogP) is 3.69. The van der Waals surface area contributed by atoms with E-state index in [1.165, 1.54) is 0 Å². The number of hydrogen-bond acceptors (Lipinski definition) is 4. The molecule has 2 aliphatic rings. The Kier molecular flexibility index (Phi) is 5.50. The maximum absolute atomic E-state index is 13.2. The summed E-state index contributed by atoms with van der Waals surface area (Å²) in [4.78, 5) is 15.0. The Morgan fingerprint density at radius 3 is 2.63 bits per heavy atom. The monoisotopic (exact) mass is 387 g/mol. The number of rotatable bonds is 5. The Morgan fingerprint density at radius 1 is 1.11 bits per heavy atom. The Labute approximate surface area is 163 Å². The number of hydrogen-bond donors (Lipinski definition) is 0. The standard InChI is InChI=1S/C21H22ClNO4/c22-16-9-7-15(8-10-16)12-23(13-17-4-3-11-25-17)21(24)20-14-26-18-5-1-2-6-19(18)27-20/h1-2,5-10,17,20H,3-4,11-14H2/t17-,20-/m0/s1. The van der Waals surface area contributed by atoms with Crippen LogP contribution in [0.25, 0.3) is 0 Å². The minimum Gasteiger partial charge on any atom is -0.485 e. The van der Waals surface area contributed by atoms with E-state index in [1.54, 1.807) is 4.90 Å². The lowest BCUT2D eigenvalue weighted by atomic mass is 10.1. The summed E-state index contributed by atoms with van der Waals surface area (Å²) < 4.78 is 17.4. The smallest absolute Gasteiger partial charge is 0.267 e. The number of benzene rings is 2. The summed E-state index contributed by atoms with van der Waals surface area (Å²) >= 11 is 5.98. The van der Waals surface area contributed by atoms with E-state index in [4.69, 9.17) is 25.8 Å². The van der Waals surface area contributed by atoms with Crippen LogP contribution < -0.4 is 9.47 Å². The number of nitrogens with zero attached hydrogens (tertiary/aromatic N) is 1. The Bertz CT molecular complexity index is 789. The van der Waals surface area contributed by atoms with Crippen molar-refractivity contribution in [2.75, 3.05) is 19.8 Å². The average molecular weight is 388 g/mol. The molecule has 0 saturated carbocycles. The number of para-hydroxylation sites is 2. The van der Waals surface area contributed by atoms with Gasteiger partial charge in [0.1, 0.15) is 6.61 Å². The third-order valence-electron chi connectivity index (χ3n) is 4.83. The molecule has 0 radical (unpaired) electrons. The first-order valence-corrected chi connectivity index (χ1v) is 9.60. The third-order valence-corrected chi connectivity index (χ3v) is 5.08. The molecule has 2 aromatic rings. The summed E-state index contributed by atoms with van der Waals surface area (Å²) in [5.74, 6) is 1.19. The molecule has 0 aliphatic carbocycles. The fourth-order valence-corrected chi connectivity index (χ4v) is 3.55. The van der Waals surface area contributed by atoms with Gasteiger partial charge in [-0.2, -0.15) is 0 Å². The van der Waals surface area contributed by atoms with E-state index in [9.17, 15) is 4.79 Å². The first kappa shape index (κ1) is 18.1. The van der Waals surface area contributed by atoms with Gasteiger partial charge < -0.3 is 19.1 Å². The number of halogens is 1. The normalized spacial score (nSPS) is 21.1. The quantitative estimate of drug-likeness (QED) is 0.785. The molecule has 2 atom stereocenters. The zero-order chi connectivity index (χ0) is 18.6. The summed E-state index contributed by atoms with van der Waals surface area (Å²) in [7, 11) is 0. The highest BCUT2D eigenvalue weighted by Gasteiger charge is 2.33. The largest absolute Gasteiger partial charge is 0.485 e. The van der Waals surface area contributed by atoms with Crippen molar-refractivity contribution in [2.24, 2.45) is 0 Å². The lowest BCUT2D eigenvalue weighted by molar-refractivity contribution is -0.143. The van der Waals surface area contributed by atoms with Crippen LogP contribution in [0.4, 0.5) is 0 Å². The fourth-order valence-electron chi connectivity index (χ4n) is 3.42. The zero-order valence-electron chi connectivity index (χ0n) is 15.0. The van der Waals surface area contributed by atoms with Gasteiger partial charge in [-0.3, -0.25) is 4.79 Å². The first-order valence-electron chi connectivity index (χ1n) is 9.22. The van der Waals surface area contributed by atoms with E-state index in [2.05, 4.69) is 0 Å². The van der Waals surface area contributed by atoms with Gasteiger partial charge >= 0.3 is 0 Å². The number of carbonyl (C=O) groups excluding carboxylic acids is 1. The molecular weight excluding hydrogens is 366 g/mol. The fraction of sp³-hybridized carbons (Fsp3) is 0.381. The number of carbonyl (C=O) groups is 1. The van der Waals surface area contributed by atoms with Crippen molar-refractivity contribution in [1.82, 2.24) is 4.90 Å². The van der Waals surface area contributed by atoms with E-state index in [1.807, 2.05) is 48.5 Å². The lowest BCUT2D eigenvalue weighted by Crippen LogP contribution is -2.48. The molecule has 27 heavy (non-hydrogen) atoms. The number of amides is 1. The van der Waals surface area contributed by atoms with Gasteiger partial charge in [0.25, 0.3) is 5.91 Å². The second kappa shape index (κ2) is 8.19. The number of fused-ring (bicyclic) bond motifs is 1. The van der Waals surface area contributed by atoms with Crippen LogP contribution in [0.3, 0.4) is 0 Å². The van der Waals surface area contributed by atoms with Crippen LogP contribution in [-0.4, -0.2) is 42.8 Å². The van der Waals surface area contributed by atoms with Gasteiger partial charge in [0.05, 0.1) is 6.10 Å². The second-order valence-corrected chi connectivity index (χ2v) is 7.28. The summed E-state index contributed by atoms with van der Waals surface area (Å²) in [5.41, 5.74) is 1.02. The van der Waals surface area contributed by atoms with Gasteiger partial charge in [0.2, 0.25) is 6.10 Å². The van der Waals surface area contributed by atoms with Crippen molar-refractivity contribution in [3.05, 3.63) is 59.1 Å². The molecule has 0 unspecified atom stereocenters. The molecule has 4 rings (SSSR count). The van der Waals surface area contributed by atoms with Crippen molar-refractivity contribution in [2.45, 2.75) is 31.6 Å². The molecule has 0 bridgehead atoms. The number of ether oxygens (including phenoxy) is 3. The Morgan fingerprint density at radius 2 is 1.89 bits per heavy atom. The maximum atomic E-state index is 13.2. The molecule has 2 aliphatic heterocycles. The molecule has 5 nitrogen and oxygen atoms in total. The molecule has 1 saturated heterocycles. The van der Waals surface area contributed by atoms with Crippen LogP contribution in [0.5, 0.6) is 11.5 Å². The van der Waals surface area contributed by atoms with E-state index in [-0.39, 0.29) is 18.6 Å². The second-order valence-electron chi connectivity index (χ2n) is 6.84. The molecule has 2 aromatic carbocycles. The van der Waals surface area contributed by atoms with Crippen LogP contribution in [0, 0.1) is 0 Å². The molecule has 1 fully saturated rings. The summed E-state index contributed by atoms with van der Waals surface area (Å²) in [5, 5.41) is 0.677. The summed E-state index contributed by atoms with van der Waals surface area (Å²) in [6.07, 6.45) is 1.41. The van der Waals surface area contributed by atoms with Gasteiger partial charge in [-0.1, -0.05) is 35.9 Å². The topological polar surface area (TPSA) is 48.0 Å². The van der Waals surface area contributed by atoms with Gasteiger partial charge in [0, 0.05) is 24.7 Å². The van der Waals surface area contributed by atoms with Gasteiger partial charge in [0.15, 0.2) is 11.5 Å². The highest BCUT2D eigenvalue weighted by atomic mass is 35.5. The molecule has 1 amide bonds. The molecule has 0 spiro atoms. The van der Waals surface area contributed by atoms with E-state index in [0.717, 1.165) is 25.0 Å². The summed E-state index contributed by atoms with van der Waals surface area (Å²) in [6.45, 7) is 1.99. The minimum atomic E-state index is -0.659. The molecule has 142 valence electrons. The predicted molar refractivity (Wildman–Crippen MR) is 102 cm³/mol. The van der Waals surface area contributed by atoms with E-state index in [0.29, 0.717) is 29.6 Å². The van der Waals surface area contributed by atoms with Crippen LogP contribution >= 0.6 is 11.6 Å². The van der Waals surface area contributed by atoms with Crippen LogP contribution in [0.1, 0.15) is 18.4 Å². The Balaban J connectivity index is 1.50. The summed E-state index contributed by atoms with van der Waals surface area (Å²) in [6, 6.07) is 15.0. The van der Waals surface area contributed by atoms with Crippen molar-refractivity contribution < 1.29 is 19.0 Å². The maximum Gasteiger partial charge on any atom is 0.267 e. The average Bonchev–Trinajstić information content (AvgIpc) is 3.21. The molecule has 2 heterocycles. The van der Waals surface area contributed by atoms with Crippen molar-refractivity contribution in [1.29, 1.82) is 0 Å². The zero-order valence-corrected chi connectivity index (χ0v) is 15.7. The molecule has 0 N–H and O–H groups in total. The third kappa shape index (κ3) is 4.37. The van der Waals surface area contributed by atoms with Gasteiger partial charge in [-0.15, -0.1) is 0 Å². The van der Waals surface area contributed by atoms with E-state index >= 15 is 0 Å². The van der Waals surface area contributed by atoms with Crippen LogP contribution in [0.2, 0.25) is 5.02 Å². The minimum absolute atomic E-state index is 0.0676. The van der Waals surface area contributed by atoms with Crippen LogP contribution in [0.15, 0.2) is 48.5 Å². The highest BCUT2D eigenvalue weighted by Crippen LogP contribution is 2.31.